The van der Waals surface area contributed by atoms with Crippen LogP contribution in [0.1, 0.15) is 136 Å². The van der Waals surface area contributed by atoms with E-state index >= 15 is 0 Å². The summed E-state index contributed by atoms with van der Waals surface area (Å²) in [5.41, 5.74) is 3.30. The molecule has 328 valence electrons. The van der Waals surface area contributed by atoms with Crippen LogP contribution in [-0.2, 0) is 19.0 Å². The lowest BCUT2D eigenvalue weighted by Crippen LogP contribution is -2.64. The Morgan fingerprint density at radius 1 is 0.850 bits per heavy atom. The van der Waals surface area contributed by atoms with E-state index in [1.807, 2.05) is 30.3 Å². The molecular weight excluding hydrogens is 755 g/mol. The van der Waals surface area contributed by atoms with Crippen molar-refractivity contribution in [2.75, 3.05) is 30.8 Å². The maximum Gasteiger partial charge on any atom is 0.411 e. The number of nitrogens with zero attached hydrogens (tertiary/aromatic N) is 1. The molecule has 0 unspecified atom stereocenters. The largest absolute Gasteiger partial charge is 0.469 e. The first kappa shape index (κ1) is 43.8. The smallest absolute Gasteiger partial charge is 0.411 e. The van der Waals surface area contributed by atoms with Gasteiger partial charge in [-0.25, -0.2) is 9.59 Å². The molecule has 0 radical (unpaired) electrons. The summed E-state index contributed by atoms with van der Waals surface area (Å²) in [7, 11) is 1.44. The number of benzene rings is 2. The number of hydrogen-bond donors (Lipinski definition) is 4. The summed E-state index contributed by atoms with van der Waals surface area (Å²) in [6, 6.07) is 16.0. The van der Waals surface area contributed by atoms with Gasteiger partial charge in [0, 0.05) is 42.6 Å². The molecule has 11 atom stereocenters. The van der Waals surface area contributed by atoms with E-state index in [-0.39, 0.29) is 77.0 Å². The number of nitrogens with one attached hydrogen (secondary N) is 4. The fourth-order valence-corrected chi connectivity index (χ4v) is 12.8. The summed E-state index contributed by atoms with van der Waals surface area (Å²) in [6.07, 6.45) is 6.90. The maximum absolute atomic E-state index is 14.5. The fraction of sp³-hybridized carbons (Fsp3) is 0.673. The molecule has 0 spiro atoms. The van der Waals surface area contributed by atoms with E-state index in [1.165, 1.54) is 7.11 Å². The van der Waals surface area contributed by atoms with Crippen LogP contribution in [-0.4, -0.2) is 62.6 Å². The van der Waals surface area contributed by atoms with Crippen molar-refractivity contribution < 1.29 is 28.6 Å². The number of methoxy groups -OCH3 is 1. The molecule has 4 aliphatic carbocycles. The molecule has 60 heavy (non-hydrogen) atoms. The molecule has 4 fully saturated rings. The van der Waals surface area contributed by atoms with Gasteiger partial charge >= 0.3 is 18.2 Å². The molecule has 11 nitrogen and oxygen atoms in total. The summed E-state index contributed by atoms with van der Waals surface area (Å²) >= 11 is 0. The normalized spacial score (nSPS) is 32.6. The van der Waals surface area contributed by atoms with Crippen LogP contribution in [0, 0.1) is 46.3 Å². The first-order chi connectivity index (χ1) is 28.7. The van der Waals surface area contributed by atoms with E-state index in [1.54, 1.807) is 0 Å². The molecule has 2 aromatic rings. The number of hydrogen-bond acceptors (Lipinski definition) is 9. The SMILES string of the molecule is COC(=O)CC[C@@H](C)[C@H]1CC[C@H]2[C@@H]3[C@H](OC(=O)Nc4c(C(C)C)cccc4C(C)C)C[C@@H]4C[C@H](NC5=NCCCN5)CC[C@]4(C)[C@H]3C[C@H](OC(=O)Nc3ccccc3)[C@]12C. The second-order valence-corrected chi connectivity index (χ2v) is 19.8. The lowest BCUT2D eigenvalue weighted by atomic mass is 9.43. The highest BCUT2D eigenvalue weighted by atomic mass is 16.6. The number of carbonyl (C=O) groups is 3. The quantitative estimate of drug-likeness (QED) is 0.130. The second kappa shape index (κ2) is 18.4. The molecule has 2 aromatic carbocycles. The topological polar surface area (TPSA) is 139 Å². The predicted molar refractivity (Wildman–Crippen MR) is 237 cm³/mol. The van der Waals surface area contributed by atoms with Gasteiger partial charge in [-0.15, -0.1) is 0 Å². The van der Waals surface area contributed by atoms with Gasteiger partial charge in [0.2, 0.25) is 0 Å². The number of ether oxygens (including phenoxy) is 3. The molecule has 2 amide bonds. The number of carbonyl (C=O) groups excluding carboxylic acids is 3. The van der Waals surface area contributed by atoms with Crippen LogP contribution in [0.3, 0.4) is 0 Å². The van der Waals surface area contributed by atoms with Crippen molar-refractivity contribution in [3.63, 3.8) is 0 Å². The molecule has 1 heterocycles. The average molecular weight is 826 g/mol. The van der Waals surface area contributed by atoms with Crippen molar-refractivity contribution in [3.8, 4) is 0 Å². The molecule has 0 saturated heterocycles. The van der Waals surface area contributed by atoms with Crippen LogP contribution in [0.2, 0.25) is 0 Å². The highest BCUT2D eigenvalue weighted by Crippen LogP contribution is 2.69. The average Bonchev–Trinajstić information content (AvgIpc) is 3.59. The molecule has 11 heteroatoms. The molecule has 4 saturated carbocycles. The number of guanidine groups is 1. The van der Waals surface area contributed by atoms with Crippen LogP contribution in [0.4, 0.5) is 21.0 Å². The Labute approximate surface area is 358 Å². The van der Waals surface area contributed by atoms with Gasteiger partial charge in [0.15, 0.2) is 5.96 Å². The number of amides is 2. The minimum Gasteiger partial charge on any atom is -0.469 e. The van der Waals surface area contributed by atoms with Crippen molar-refractivity contribution in [3.05, 3.63) is 59.7 Å². The third-order valence-corrected chi connectivity index (χ3v) is 15.9. The highest BCUT2D eigenvalue weighted by Gasteiger charge is 2.67. The van der Waals surface area contributed by atoms with Crippen LogP contribution in [0.25, 0.3) is 0 Å². The second-order valence-electron chi connectivity index (χ2n) is 19.8. The standard InChI is InChI=1S/C49H71N5O6/c1-29(2)35-16-12-17-36(30(3)4)44(35)54-47(57)59-40-27-32-26-34(52-45-50-24-13-25-51-45)22-23-48(32,6)39-28-41(60-46(56)53-33-14-10-9-11-15-33)49(7)37(19-20-38(49)43(39)40)31(5)18-21-42(55)58-8/h9-12,14-17,29-32,34,37-41,43H,13,18-28H2,1-8H3,(H,53,56)(H,54,57)(H2,50,51,52)/t31-,32+,34-,37-,38+,39+,40-,41+,43+,48+,49-/m1/s1. The number of aliphatic imine (C=N–C) groups is 1. The van der Waals surface area contributed by atoms with E-state index < -0.39 is 17.6 Å². The Balaban J connectivity index is 1.24. The number of esters is 1. The van der Waals surface area contributed by atoms with Gasteiger partial charge in [-0.05, 0) is 128 Å². The van der Waals surface area contributed by atoms with Gasteiger partial charge in [-0.1, -0.05) is 84.9 Å². The molecular formula is C49H71N5O6. The Morgan fingerprint density at radius 2 is 1.57 bits per heavy atom. The summed E-state index contributed by atoms with van der Waals surface area (Å²) in [6.45, 7) is 17.4. The maximum atomic E-state index is 14.5. The Kier molecular flexibility index (Phi) is 13.4. The van der Waals surface area contributed by atoms with Crippen molar-refractivity contribution in [2.45, 2.75) is 143 Å². The van der Waals surface area contributed by atoms with Crippen molar-refractivity contribution in [1.29, 1.82) is 0 Å². The summed E-state index contributed by atoms with van der Waals surface area (Å²) < 4.78 is 18.6. The number of fused-ring (bicyclic) bond motifs is 5. The Hall–Kier alpha value is -4.28. The van der Waals surface area contributed by atoms with Gasteiger partial charge in [0.05, 0.1) is 12.8 Å². The van der Waals surface area contributed by atoms with Gasteiger partial charge < -0.3 is 24.8 Å². The summed E-state index contributed by atoms with van der Waals surface area (Å²) in [5.74, 6) is 2.17. The Morgan fingerprint density at radius 3 is 2.23 bits per heavy atom. The van der Waals surface area contributed by atoms with Gasteiger partial charge in [-0.3, -0.25) is 20.4 Å². The number of para-hydroxylation sites is 2. The zero-order chi connectivity index (χ0) is 42.8. The fourth-order valence-electron chi connectivity index (χ4n) is 12.8. The molecule has 1 aliphatic heterocycles. The van der Waals surface area contributed by atoms with Crippen molar-refractivity contribution in [1.82, 2.24) is 10.6 Å². The van der Waals surface area contributed by atoms with Gasteiger partial charge in [-0.2, -0.15) is 0 Å². The van der Waals surface area contributed by atoms with E-state index in [4.69, 9.17) is 19.2 Å². The third kappa shape index (κ3) is 8.87. The summed E-state index contributed by atoms with van der Waals surface area (Å²) in [5, 5.41) is 13.5. The summed E-state index contributed by atoms with van der Waals surface area (Å²) in [4.78, 5) is 45.6. The number of rotatable bonds is 11. The van der Waals surface area contributed by atoms with Crippen LogP contribution in [0.5, 0.6) is 0 Å². The van der Waals surface area contributed by atoms with Gasteiger partial charge in [0.25, 0.3) is 0 Å². The van der Waals surface area contributed by atoms with E-state index in [9.17, 15) is 14.4 Å². The highest BCUT2D eigenvalue weighted by molar-refractivity contribution is 5.87. The third-order valence-electron chi connectivity index (χ3n) is 15.9. The zero-order valence-corrected chi connectivity index (χ0v) is 37.4. The van der Waals surface area contributed by atoms with E-state index in [0.29, 0.717) is 24.9 Å². The molecule has 0 aromatic heterocycles. The predicted octanol–water partition coefficient (Wildman–Crippen LogP) is 10.2. The molecule has 4 N–H and O–H groups in total. The van der Waals surface area contributed by atoms with Gasteiger partial charge in [0.1, 0.15) is 12.2 Å². The minimum atomic E-state index is -0.444. The van der Waals surface area contributed by atoms with Crippen molar-refractivity contribution in [2.24, 2.45) is 51.3 Å². The van der Waals surface area contributed by atoms with Crippen molar-refractivity contribution >= 4 is 35.5 Å². The van der Waals surface area contributed by atoms with E-state index in [0.717, 1.165) is 80.8 Å². The monoisotopic (exact) mass is 826 g/mol. The zero-order valence-electron chi connectivity index (χ0n) is 37.4. The van der Waals surface area contributed by atoms with Crippen LogP contribution >= 0.6 is 0 Å². The van der Waals surface area contributed by atoms with Crippen LogP contribution in [0.15, 0.2) is 53.5 Å². The lowest BCUT2D eigenvalue weighted by molar-refractivity contribution is -0.200. The molecule has 7 rings (SSSR count). The van der Waals surface area contributed by atoms with Crippen LogP contribution < -0.4 is 21.3 Å². The molecule has 0 bridgehead atoms. The number of anilines is 2. The lowest BCUT2D eigenvalue weighted by Gasteiger charge is -2.64. The molecule has 5 aliphatic rings. The minimum absolute atomic E-state index is 0.0521. The first-order valence-corrected chi connectivity index (χ1v) is 23.0. The first-order valence-electron chi connectivity index (χ1n) is 23.0. The van der Waals surface area contributed by atoms with E-state index in [2.05, 4.69) is 87.9 Å². The Bertz CT molecular complexity index is 1840.